The monoisotopic (exact) mass is 370 g/mol. The van der Waals surface area contributed by atoms with E-state index in [4.69, 9.17) is 0 Å². The minimum Gasteiger partial charge on any atom is -0.378 e. The Hall–Kier alpha value is -3.90. The van der Waals surface area contributed by atoms with Crippen molar-refractivity contribution in [1.29, 1.82) is 10.5 Å². The van der Waals surface area contributed by atoms with Crippen molar-refractivity contribution in [3.8, 4) is 12.1 Å². The van der Waals surface area contributed by atoms with Crippen molar-refractivity contribution in [3.05, 3.63) is 71.1 Å². The number of hydrogen-bond acceptors (Lipinski definition) is 6. The lowest BCUT2D eigenvalue weighted by Crippen LogP contribution is -2.08. The van der Waals surface area contributed by atoms with Crippen molar-refractivity contribution in [2.45, 2.75) is 0 Å². The molecular formula is C22H22N6. The number of aliphatic imine (C=N–C) groups is 2. The lowest BCUT2D eigenvalue weighted by Gasteiger charge is -2.11. The van der Waals surface area contributed by atoms with Crippen LogP contribution in [0.1, 0.15) is 11.1 Å². The van der Waals surface area contributed by atoms with E-state index in [-0.39, 0.29) is 11.4 Å². The molecule has 6 heteroatoms. The Morgan fingerprint density at radius 1 is 0.679 bits per heavy atom. The Morgan fingerprint density at radius 2 is 1.00 bits per heavy atom. The van der Waals surface area contributed by atoms with Gasteiger partial charge in [0.2, 0.25) is 0 Å². The molecule has 2 aromatic rings. The van der Waals surface area contributed by atoms with Crippen LogP contribution in [0.3, 0.4) is 0 Å². The molecule has 6 nitrogen and oxygen atoms in total. The summed E-state index contributed by atoms with van der Waals surface area (Å²) in [5, 5.41) is 18.7. The second-order valence-electron chi connectivity index (χ2n) is 6.41. The van der Waals surface area contributed by atoms with Crippen molar-refractivity contribution < 1.29 is 0 Å². The first-order valence-electron chi connectivity index (χ1n) is 8.62. The Bertz CT molecular complexity index is 884. The van der Waals surface area contributed by atoms with Gasteiger partial charge in [-0.15, -0.1) is 0 Å². The molecule has 0 aliphatic rings. The SMILES string of the molecule is CN(C)c1ccc(C=N/C(C#N)=C(\C#N)N=Cc2ccc(N(C)C)cc2)cc1. The zero-order chi connectivity index (χ0) is 20.5. The standard InChI is InChI=1S/C22H22N6/c1-27(2)19-9-5-17(6-10-19)15-25-21(13-23)22(14-24)26-16-18-7-11-20(12-8-18)28(3)4/h5-12,15-16H,1-4H3/b22-21+,25-15?,26-16?. The van der Waals surface area contributed by atoms with Crippen LogP contribution in [0.2, 0.25) is 0 Å². The normalized spacial score (nSPS) is 11.8. The summed E-state index contributed by atoms with van der Waals surface area (Å²) in [6, 6.07) is 19.3. The lowest BCUT2D eigenvalue weighted by atomic mass is 10.2. The molecule has 0 radical (unpaired) electrons. The van der Waals surface area contributed by atoms with E-state index in [0.717, 1.165) is 22.5 Å². The molecular weight excluding hydrogens is 348 g/mol. The maximum Gasteiger partial charge on any atom is 0.176 e. The fourth-order valence-electron chi connectivity index (χ4n) is 2.28. The fourth-order valence-corrected chi connectivity index (χ4v) is 2.28. The lowest BCUT2D eigenvalue weighted by molar-refractivity contribution is 1.13. The number of nitriles is 2. The predicted octanol–water partition coefficient (Wildman–Crippen LogP) is 3.62. The van der Waals surface area contributed by atoms with E-state index >= 15 is 0 Å². The van der Waals surface area contributed by atoms with E-state index in [1.807, 2.05) is 98.7 Å². The topological polar surface area (TPSA) is 78.8 Å². The molecule has 2 rings (SSSR count). The number of anilines is 2. The van der Waals surface area contributed by atoms with Crippen LogP contribution in [0.15, 0.2) is 69.9 Å². The quantitative estimate of drug-likeness (QED) is 0.575. The van der Waals surface area contributed by atoms with Gasteiger partial charge in [-0.2, -0.15) is 10.5 Å². The molecule has 28 heavy (non-hydrogen) atoms. The van der Waals surface area contributed by atoms with Gasteiger partial charge >= 0.3 is 0 Å². The number of benzene rings is 2. The highest BCUT2D eigenvalue weighted by Gasteiger charge is 2.03. The first-order valence-corrected chi connectivity index (χ1v) is 8.62. The van der Waals surface area contributed by atoms with Crippen molar-refractivity contribution in [1.82, 2.24) is 0 Å². The van der Waals surface area contributed by atoms with Crippen LogP contribution in [0, 0.1) is 22.7 Å². The molecule has 0 N–H and O–H groups in total. The third-order valence-electron chi connectivity index (χ3n) is 3.94. The van der Waals surface area contributed by atoms with Crippen molar-refractivity contribution >= 4 is 23.8 Å². The zero-order valence-corrected chi connectivity index (χ0v) is 16.5. The van der Waals surface area contributed by atoms with Crippen LogP contribution in [0.25, 0.3) is 0 Å². The van der Waals surface area contributed by atoms with E-state index < -0.39 is 0 Å². The smallest absolute Gasteiger partial charge is 0.176 e. The molecule has 0 saturated carbocycles. The summed E-state index contributed by atoms with van der Waals surface area (Å²) < 4.78 is 0. The van der Waals surface area contributed by atoms with Gasteiger partial charge in [-0.1, -0.05) is 24.3 Å². The molecule has 140 valence electrons. The molecule has 0 aromatic heterocycles. The highest BCUT2D eigenvalue weighted by Crippen LogP contribution is 2.13. The summed E-state index contributed by atoms with van der Waals surface area (Å²) in [6.45, 7) is 0. The van der Waals surface area contributed by atoms with E-state index in [2.05, 4.69) is 9.98 Å². The predicted molar refractivity (Wildman–Crippen MR) is 115 cm³/mol. The van der Waals surface area contributed by atoms with Gasteiger partial charge in [-0.3, -0.25) is 0 Å². The molecule has 0 aliphatic heterocycles. The van der Waals surface area contributed by atoms with Gasteiger partial charge in [0.25, 0.3) is 0 Å². The Morgan fingerprint density at radius 3 is 1.25 bits per heavy atom. The third-order valence-corrected chi connectivity index (χ3v) is 3.94. The zero-order valence-electron chi connectivity index (χ0n) is 16.5. The van der Waals surface area contributed by atoms with Gasteiger partial charge in [0, 0.05) is 52.0 Å². The van der Waals surface area contributed by atoms with Crippen LogP contribution < -0.4 is 9.80 Å². The Labute approximate surface area is 166 Å². The van der Waals surface area contributed by atoms with Crippen LogP contribution in [0.4, 0.5) is 11.4 Å². The second-order valence-corrected chi connectivity index (χ2v) is 6.41. The number of rotatable bonds is 6. The average molecular weight is 370 g/mol. The molecule has 0 aliphatic carbocycles. The molecule has 0 heterocycles. The van der Waals surface area contributed by atoms with E-state index in [9.17, 15) is 10.5 Å². The van der Waals surface area contributed by atoms with Crippen LogP contribution in [0.5, 0.6) is 0 Å². The van der Waals surface area contributed by atoms with E-state index in [0.29, 0.717) is 0 Å². The largest absolute Gasteiger partial charge is 0.378 e. The van der Waals surface area contributed by atoms with E-state index in [1.54, 1.807) is 12.4 Å². The van der Waals surface area contributed by atoms with Gasteiger partial charge in [0.05, 0.1) is 0 Å². The maximum atomic E-state index is 9.36. The molecule has 0 amide bonds. The summed E-state index contributed by atoms with van der Waals surface area (Å²) in [7, 11) is 7.85. The minimum absolute atomic E-state index is 0.0275. The maximum absolute atomic E-state index is 9.36. The Balaban J connectivity index is 2.22. The van der Waals surface area contributed by atoms with Crippen LogP contribution >= 0.6 is 0 Å². The van der Waals surface area contributed by atoms with Gasteiger partial charge in [0.15, 0.2) is 11.4 Å². The fraction of sp³-hybridized carbons (Fsp3) is 0.182. The number of nitrogens with zero attached hydrogens (tertiary/aromatic N) is 6. The summed E-state index contributed by atoms with van der Waals surface area (Å²) in [4.78, 5) is 12.3. The number of hydrogen-bond donors (Lipinski definition) is 0. The average Bonchev–Trinajstić information content (AvgIpc) is 2.71. The van der Waals surface area contributed by atoms with Gasteiger partial charge in [0.1, 0.15) is 12.1 Å². The summed E-state index contributed by atoms with van der Waals surface area (Å²) >= 11 is 0. The molecule has 2 aromatic carbocycles. The van der Waals surface area contributed by atoms with Crippen LogP contribution in [-0.2, 0) is 0 Å². The molecule has 0 atom stereocenters. The first-order chi connectivity index (χ1) is 13.4. The first kappa shape index (κ1) is 20.4. The van der Waals surface area contributed by atoms with Gasteiger partial charge in [-0.05, 0) is 35.4 Å². The van der Waals surface area contributed by atoms with Crippen molar-refractivity contribution in [3.63, 3.8) is 0 Å². The highest BCUT2D eigenvalue weighted by molar-refractivity contribution is 5.83. The third kappa shape index (κ3) is 5.55. The van der Waals surface area contributed by atoms with Crippen LogP contribution in [-0.4, -0.2) is 40.6 Å². The van der Waals surface area contributed by atoms with Crippen molar-refractivity contribution in [2.75, 3.05) is 38.0 Å². The second kappa shape index (κ2) is 9.70. The highest BCUT2D eigenvalue weighted by atomic mass is 15.1. The van der Waals surface area contributed by atoms with E-state index in [1.165, 1.54) is 0 Å². The number of allylic oxidation sites excluding steroid dienone is 2. The Kier molecular flexibility index (Phi) is 7.07. The summed E-state index contributed by atoms with van der Waals surface area (Å²) in [5.74, 6) is 0. The van der Waals surface area contributed by atoms with Gasteiger partial charge in [-0.25, -0.2) is 9.98 Å². The molecule has 0 saturated heterocycles. The molecule has 0 unspecified atom stereocenters. The van der Waals surface area contributed by atoms with Gasteiger partial charge < -0.3 is 9.80 Å². The summed E-state index contributed by atoms with van der Waals surface area (Å²) in [6.07, 6.45) is 3.10. The minimum atomic E-state index is -0.0275. The molecule has 0 bridgehead atoms. The van der Waals surface area contributed by atoms with Crippen molar-refractivity contribution in [2.24, 2.45) is 9.98 Å². The summed E-state index contributed by atoms with van der Waals surface area (Å²) in [5.41, 5.74) is 3.74. The molecule has 0 fully saturated rings. The molecule has 0 spiro atoms.